The molecule has 1 saturated heterocycles. The predicted molar refractivity (Wildman–Crippen MR) is 74.3 cm³/mol. The molecule has 4 nitrogen and oxygen atoms in total. The third-order valence-electron chi connectivity index (χ3n) is 3.33. The highest BCUT2D eigenvalue weighted by Gasteiger charge is 2.26. The highest BCUT2D eigenvalue weighted by atomic mass is 28.4. The van der Waals surface area contributed by atoms with Crippen molar-refractivity contribution in [3.63, 3.8) is 0 Å². The lowest BCUT2D eigenvalue weighted by Gasteiger charge is -2.18. The van der Waals surface area contributed by atoms with Crippen LogP contribution in [0.4, 0.5) is 0 Å². The van der Waals surface area contributed by atoms with Gasteiger partial charge in [-0.1, -0.05) is 12.1 Å². The van der Waals surface area contributed by atoms with Gasteiger partial charge in [0.15, 0.2) is 0 Å². The minimum Gasteiger partial charge on any atom is -0.428 e. The lowest BCUT2D eigenvalue weighted by molar-refractivity contribution is 0.0791. The standard InChI is InChI=1S/C13H20N2O2Si/c1-18(2,17)12-5-3-4-10(8-12)13(16)15-7-6-11(14)9-15/h3-5,8,11,17H,6-7,9,14H2,1-2H3. The third kappa shape index (κ3) is 2.80. The molecular weight excluding hydrogens is 244 g/mol. The van der Waals surface area contributed by atoms with E-state index in [0.717, 1.165) is 18.2 Å². The Morgan fingerprint density at radius 3 is 2.78 bits per heavy atom. The summed E-state index contributed by atoms with van der Waals surface area (Å²) >= 11 is 0. The van der Waals surface area contributed by atoms with E-state index in [9.17, 15) is 9.59 Å². The molecule has 1 aliphatic rings. The summed E-state index contributed by atoms with van der Waals surface area (Å²) in [6.45, 7) is 5.05. The molecule has 3 N–H and O–H groups in total. The Labute approximate surface area is 109 Å². The molecule has 1 aromatic rings. The molecule has 0 spiro atoms. The Balaban J connectivity index is 2.21. The number of nitrogens with zero attached hydrogens (tertiary/aromatic N) is 1. The molecule has 0 aromatic heterocycles. The lowest BCUT2D eigenvalue weighted by atomic mass is 10.2. The van der Waals surface area contributed by atoms with E-state index in [4.69, 9.17) is 5.73 Å². The van der Waals surface area contributed by atoms with Gasteiger partial charge in [-0.25, -0.2) is 0 Å². The first kappa shape index (κ1) is 13.3. The third-order valence-corrected chi connectivity index (χ3v) is 5.05. The second-order valence-corrected chi connectivity index (χ2v) is 9.14. The fourth-order valence-corrected chi connectivity index (χ4v) is 3.20. The van der Waals surface area contributed by atoms with E-state index in [1.165, 1.54) is 0 Å². The molecule has 0 saturated carbocycles. The van der Waals surface area contributed by atoms with Crippen LogP contribution in [0.15, 0.2) is 24.3 Å². The molecule has 5 heteroatoms. The number of amides is 1. The highest BCUT2D eigenvalue weighted by Crippen LogP contribution is 2.12. The van der Waals surface area contributed by atoms with Crippen LogP contribution in [0, 0.1) is 0 Å². The zero-order chi connectivity index (χ0) is 13.3. The van der Waals surface area contributed by atoms with Crippen LogP contribution in [0.25, 0.3) is 0 Å². The van der Waals surface area contributed by atoms with Crippen molar-refractivity contribution in [1.29, 1.82) is 0 Å². The van der Waals surface area contributed by atoms with Crippen molar-refractivity contribution in [2.75, 3.05) is 13.1 Å². The maximum absolute atomic E-state index is 12.3. The lowest BCUT2D eigenvalue weighted by Crippen LogP contribution is -2.42. The summed E-state index contributed by atoms with van der Waals surface area (Å²) in [5.41, 5.74) is 6.46. The molecule has 1 fully saturated rings. The van der Waals surface area contributed by atoms with Gasteiger partial charge in [0.2, 0.25) is 8.32 Å². The number of rotatable bonds is 2. The van der Waals surface area contributed by atoms with Crippen LogP contribution in [0.5, 0.6) is 0 Å². The quantitative estimate of drug-likeness (QED) is 0.753. The largest absolute Gasteiger partial charge is 0.428 e. The van der Waals surface area contributed by atoms with Crippen LogP contribution in [-0.2, 0) is 0 Å². The molecule has 0 aliphatic carbocycles. The first-order valence-corrected chi connectivity index (χ1v) is 9.20. The van der Waals surface area contributed by atoms with E-state index in [-0.39, 0.29) is 11.9 Å². The van der Waals surface area contributed by atoms with Crippen LogP contribution in [-0.4, -0.2) is 43.1 Å². The van der Waals surface area contributed by atoms with Gasteiger partial charge in [0.1, 0.15) is 0 Å². The Morgan fingerprint density at radius 1 is 1.50 bits per heavy atom. The van der Waals surface area contributed by atoms with E-state index in [1.807, 2.05) is 31.3 Å². The van der Waals surface area contributed by atoms with Crippen molar-refractivity contribution in [1.82, 2.24) is 4.90 Å². The van der Waals surface area contributed by atoms with Crippen molar-refractivity contribution in [3.05, 3.63) is 29.8 Å². The van der Waals surface area contributed by atoms with Crippen LogP contribution in [0.1, 0.15) is 16.8 Å². The zero-order valence-electron chi connectivity index (χ0n) is 10.9. The van der Waals surface area contributed by atoms with Gasteiger partial charge in [-0.3, -0.25) is 4.79 Å². The molecule has 1 aromatic carbocycles. The maximum atomic E-state index is 12.3. The number of hydrogen-bond donors (Lipinski definition) is 2. The molecule has 1 unspecified atom stereocenters. The van der Waals surface area contributed by atoms with Crippen LogP contribution < -0.4 is 10.9 Å². The van der Waals surface area contributed by atoms with Gasteiger partial charge in [0, 0.05) is 24.7 Å². The number of carbonyl (C=O) groups excluding carboxylic acids is 1. The number of carbonyl (C=O) groups is 1. The maximum Gasteiger partial charge on any atom is 0.253 e. The Kier molecular flexibility index (Phi) is 3.56. The van der Waals surface area contributed by atoms with E-state index >= 15 is 0 Å². The van der Waals surface area contributed by atoms with Crippen molar-refractivity contribution in [3.8, 4) is 0 Å². The fourth-order valence-electron chi connectivity index (χ4n) is 2.19. The molecule has 0 radical (unpaired) electrons. The SMILES string of the molecule is C[Si](C)(O)c1cccc(C(=O)N2CCC(N)C2)c1. The minimum absolute atomic E-state index is 0.0167. The first-order valence-electron chi connectivity index (χ1n) is 6.25. The average molecular weight is 264 g/mol. The van der Waals surface area contributed by atoms with Gasteiger partial charge in [-0.2, -0.15) is 0 Å². The van der Waals surface area contributed by atoms with Crippen molar-refractivity contribution in [2.24, 2.45) is 5.73 Å². The minimum atomic E-state index is -2.36. The van der Waals surface area contributed by atoms with E-state index in [1.54, 1.807) is 11.0 Å². The molecule has 1 atom stereocenters. The van der Waals surface area contributed by atoms with Crippen molar-refractivity contribution >= 4 is 19.4 Å². The number of hydrogen-bond acceptors (Lipinski definition) is 3. The van der Waals surface area contributed by atoms with Gasteiger partial charge in [0.25, 0.3) is 5.91 Å². The summed E-state index contributed by atoms with van der Waals surface area (Å²) in [4.78, 5) is 24.2. The fraction of sp³-hybridized carbons (Fsp3) is 0.462. The molecule has 0 bridgehead atoms. The second kappa shape index (κ2) is 4.83. The molecule has 1 heterocycles. The van der Waals surface area contributed by atoms with Gasteiger partial charge in [0.05, 0.1) is 0 Å². The number of benzene rings is 1. The van der Waals surface area contributed by atoms with Gasteiger partial charge < -0.3 is 15.4 Å². The number of likely N-dealkylation sites (tertiary alicyclic amines) is 1. The van der Waals surface area contributed by atoms with Crippen molar-refractivity contribution in [2.45, 2.75) is 25.6 Å². The smallest absolute Gasteiger partial charge is 0.253 e. The summed E-state index contributed by atoms with van der Waals surface area (Å²) < 4.78 is 0. The average Bonchev–Trinajstić information content (AvgIpc) is 2.74. The van der Waals surface area contributed by atoms with E-state index < -0.39 is 8.32 Å². The van der Waals surface area contributed by atoms with Crippen LogP contribution >= 0.6 is 0 Å². The summed E-state index contributed by atoms with van der Waals surface area (Å²) in [6, 6.07) is 7.44. The summed E-state index contributed by atoms with van der Waals surface area (Å²) in [7, 11) is -2.36. The van der Waals surface area contributed by atoms with Crippen LogP contribution in [0.3, 0.4) is 0 Å². The summed E-state index contributed by atoms with van der Waals surface area (Å²) in [5.74, 6) is 0.0167. The van der Waals surface area contributed by atoms with Crippen molar-refractivity contribution < 1.29 is 9.59 Å². The van der Waals surface area contributed by atoms with Gasteiger partial charge >= 0.3 is 0 Å². The summed E-state index contributed by atoms with van der Waals surface area (Å²) in [5, 5.41) is 0.886. The molecule has 1 aliphatic heterocycles. The second-order valence-electron chi connectivity index (χ2n) is 5.44. The first-order chi connectivity index (χ1) is 8.38. The van der Waals surface area contributed by atoms with Crippen LogP contribution in [0.2, 0.25) is 13.1 Å². The summed E-state index contributed by atoms with van der Waals surface area (Å²) in [6.07, 6.45) is 0.867. The van der Waals surface area contributed by atoms with E-state index in [0.29, 0.717) is 12.1 Å². The predicted octanol–water partition coefficient (Wildman–Crippen LogP) is 0.264. The highest BCUT2D eigenvalue weighted by molar-refractivity contribution is 6.83. The van der Waals surface area contributed by atoms with Gasteiger partial charge in [-0.15, -0.1) is 0 Å². The monoisotopic (exact) mass is 264 g/mol. The Hall–Kier alpha value is -1.17. The molecule has 1 amide bonds. The molecular formula is C13H20N2O2Si. The molecule has 2 rings (SSSR count). The topological polar surface area (TPSA) is 66.6 Å². The van der Waals surface area contributed by atoms with Gasteiger partial charge in [-0.05, 0) is 36.8 Å². The Bertz CT molecular complexity index is 457. The molecule has 18 heavy (non-hydrogen) atoms. The Morgan fingerprint density at radius 2 is 2.22 bits per heavy atom. The molecule has 98 valence electrons. The number of nitrogens with two attached hydrogens (primary N) is 1. The van der Waals surface area contributed by atoms with E-state index in [2.05, 4.69) is 0 Å². The zero-order valence-corrected chi connectivity index (χ0v) is 11.9. The normalized spacial score (nSPS) is 20.2.